The summed E-state index contributed by atoms with van der Waals surface area (Å²) in [5.74, 6) is 1.51. The topological polar surface area (TPSA) is 65.5 Å². The number of aromatic nitrogens is 2. The number of nitrogens with zero attached hydrogens (tertiary/aromatic N) is 2. The van der Waals surface area contributed by atoms with Crippen molar-refractivity contribution >= 4 is 11.5 Å². The van der Waals surface area contributed by atoms with E-state index in [-0.39, 0.29) is 12.5 Å². The van der Waals surface area contributed by atoms with Gasteiger partial charge in [0.2, 0.25) is 6.79 Å². The molecule has 0 unspecified atom stereocenters. The summed E-state index contributed by atoms with van der Waals surface area (Å²) >= 11 is 0. The number of alkyl halides is 3. The minimum absolute atomic E-state index is 0.184. The Morgan fingerprint density at radius 1 is 0.926 bits per heavy atom. The van der Waals surface area contributed by atoms with Gasteiger partial charge in [-0.1, -0.05) is 0 Å². The molecule has 3 aromatic rings. The number of rotatable bonds is 4. The van der Waals surface area contributed by atoms with Crippen LogP contribution in [-0.4, -0.2) is 23.1 Å². The number of benzene rings is 2. The first kappa shape index (κ1) is 17.0. The summed E-state index contributed by atoms with van der Waals surface area (Å²) in [6, 6.07) is 12.5. The van der Waals surface area contributed by atoms with Gasteiger partial charge in [-0.05, 0) is 42.5 Å². The normalized spacial score (nSPS) is 12.7. The van der Waals surface area contributed by atoms with Gasteiger partial charge in [0.1, 0.15) is 17.9 Å². The van der Waals surface area contributed by atoms with Crippen LogP contribution in [0.5, 0.6) is 17.2 Å². The van der Waals surface area contributed by atoms with Crippen molar-refractivity contribution < 1.29 is 27.4 Å². The predicted octanol–water partition coefficient (Wildman–Crippen LogP) is 4.51. The van der Waals surface area contributed by atoms with Crippen molar-refractivity contribution in [2.45, 2.75) is 6.36 Å². The van der Waals surface area contributed by atoms with Gasteiger partial charge in [0, 0.05) is 17.3 Å². The van der Waals surface area contributed by atoms with Gasteiger partial charge < -0.3 is 19.5 Å². The van der Waals surface area contributed by atoms with E-state index in [1.807, 2.05) is 12.1 Å². The van der Waals surface area contributed by atoms with Crippen LogP contribution in [-0.2, 0) is 0 Å². The summed E-state index contributed by atoms with van der Waals surface area (Å²) in [4.78, 5) is 8.36. The van der Waals surface area contributed by atoms with E-state index in [1.165, 1.54) is 30.6 Å². The van der Waals surface area contributed by atoms with E-state index in [0.717, 1.165) is 5.56 Å². The molecule has 4 rings (SSSR count). The molecule has 138 valence electrons. The Kier molecular flexibility index (Phi) is 4.19. The number of anilines is 2. The van der Waals surface area contributed by atoms with Crippen molar-refractivity contribution in [3.63, 3.8) is 0 Å². The van der Waals surface area contributed by atoms with Crippen molar-refractivity contribution in [3.05, 3.63) is 54.9 Å². The Morgan fingerprint density at radius 3 is 2.48 bits per heavy atom. The van der Waals surface area contributed by atoms with Gasteiger partial charge in [-0.25, -0.2) is 9.97 Å². The first-order chi connectivity index (χ1) is 13.0. The smallest absolute Gasteiger partial charge is 0.454 e. The molecule has 1 aliphatic rings. The third kappa shape index (κ3) is 4.02. The summed E-state index contributed by atoms with van der Waals surface area (Å²) in [7, 11) is 0. The van der Waals surface area contributed by atoms with Crippen molar-refractivity contribution in [2.75, 3.05) is 12.1 Å². The highest BCUT2D eigenvalue weighted by Gasteiger charge is 2.30. The molecule has 27 heavy (non-hydrogen) atoms. The van der Waals surface area contributed by atoms with Crippen molar-refractivity contribution in [2.24, 2.45) is 0 Å². The standard InChI is InChI=1S/C18H12F3N3O3/c19-18(20,21)27-13-4-2-12(3-5-13)24-17-8-14(22-9-23-17)11-1-6-15-16(7-11)26-10-25-15/h1-9H,10H2,(H,22,23,24). The average Bonchev–Trinajstić information content (AvgIpc) is 3.10. The number of hydrogen-bond donors (Lipinski definition) is 1. The monoisotopic (exact) mass is 375 g/mol. The van der Waals surface area contributed by atoms with Crippen molar-refractivity contribution in [1.29, 1.82) is 0 Å². The van der Waals surface area contributed by atoms with Gasteiger partial charge in [-0.15, -0.1) is 13.2 Å². The van der Waals surface area contributed by atoms with E-state index in [1.54, 1.807) is 12.1 Å². The lowest BCUT2D eigenvalue weighted by atomic mass is 10.1. The summed E-state index contributed by atoms with van der Waals surface area (Å²) in [6.45, 7) is 0.184. The first-order valence-electron chi connectivity index (χ1n) is 7.81. The molecular formula is C18H12F3N3O3. The zero-order valence-corrected chi connectivity index (χ0v) is 13.7. The maximum atomic E-state index is 12.2. The molecule has 2 aromatic carbocycles. The summed E-state index contributed by atoms with van der Waals surface area (Å²) in [5.41, 5.74) is 2.03. The molecule has 0 spiro atoms. The van der Waals surface area contributed by atoms with Gasteiger partial charge in [0.15, 0.2) is 11.5 Å². The molecule has 1 aromatic heterocycles. The Morgan fingerprint density at radius 2 is 1.70 bits per heavy atom. The molecule has 0 saturated heterocycles. The zero-order valence-electron chi connectivity index (χ0n) is 13.7. The lowest BCUT2D eigenvalue weighted by Crippen LogP contribution is -2.16. The molecular weight excluding hydrogens is 363 g/mol. The van der Waals surface area contributed by atoms with Crippen LogP contribution in [0, 0.1) is 0 Å². The molecule has 0 atom stereocenters. The molecule has 6 nitrogen and oxygen atoms in total. The molecule has 1 N–H and O–H groups in total. The van der Waals surface area contributed by atoms with Gasteiger partial charge in [-0.3, -0.25) is 0 Å². The molecule has 0 fully saturated rings. The predicted molar refractivity (Wildman–Crippen MR) is 90.0 cm³/mol. The molecule has 1 aliphatic heterocycles. The number of nitrogens with one attached hydrogen (secondary N) is 1. The lowest BCUT2D eigenvalue weighted by molar-refractivity contribution is -0.274. The van der Waals surface area contributed by atoms with E-state index >= 15 is 0 Å². The van der Waals surface area contributed by atoms with Crippen LogP contribution < -0.4 is 19.5 Å². The molecule has 0 bridgehead atoms. The van der Waals surface area contributed by atoms with Crippen LogP contribution in [0.1, 0.15) is 0 Å². The van der Waals surface area contributed by atoms with Crippen LogP contribution in [0.4, 0.5) is 24.7 Å². The van der Waals surface area contributed by atoms with Crippen molar-refractivity contribution in [3.8, 4) is 28.5 Å². The molecule has 0 saturated carbocycles. The highest BCUT2D eigenvalue weighted by Crippen LogP contribution is 2.35. The number of halogens is 3. The van der Waals surface area contributed by atoms with Gasteiger partial charge >= 0.3 is 6.36 Å². The molecule has 2 heterocycles. The second-order valence-electron chi connectivity index (χ2n) is 5.55. The number of fused-ring (bicyclic) bond motifs is 1. The fourth-order valence-electron chi connectivity index (χ4n) is 2.53. The Labute approximate surface area is 151 Å². The fourth-order valence-corrected chi connectivity index (χ4v) is 2.53. The SMILES string of the molecule is FC(F)(F)Oc1ccc(Nc2cc(-c3ccc4c(c3)OCO4)ncn2)cc1. The molecule has 0 aliphatic carbocycles. The highest BCUT2D eigenvalue weighted by molar-refractivity contribution is 5.68. The van der Waals surface area contributed by atoms with E-state index in [0.29, 0.717) is 28.7 Å². The lowest BCUT2D eigenvalue weighted by Gasteiger charge is -2.10. The maximum Gasteiger partial charge on any atom is 0.573 e. The fraction of sp³-hybridized carbons (Fsp3) is 0.111. The largest absolute Gasteiger partial charge is 0.573 e. The van der Waals surface area contributed by atoms with Gasteiger partial charge in [0.05, 0.1) is 5.69 Å². The van der Waals surface area contributed by atoms with E-state index < -0.39 is 6.36 Å². The minimum atomic E-state index is -4.72. The maximum absolute atomic E-state index is 12.2. The quantitative estimate of drug-likeness (QED) is 0.724. The minimum Gasteiger partial charge on any atom is -0.454 e. The van der Waals surface area contributed by atoms with E-state index in [2.05, 4.69) is 20.0 Å². The highest BCUT2D eigenvalue weighted by atomic mass is 19.4. The van der Waals surface area contributed by atoms with Crippen LogP contribution in [0.25, 0.3) is 11.3 Å². The zero-order chi connectivity index (χ0) is 18.9. The summed E-state index contributed by atoms with van der Waals surface area (Å²) in [5, 5.41) is 3.01. The average molecular weight is 375 g/mol. The number of hydrogen-bond acceptors (Lipinski definition) is 6. The third-order valence-electron chi connectivity index (χ3n) is 3.70. The third-order valence-corrected chi connectivity index (χ3v) is 3.70. The second kappa shape index (κ2) is 6.67. The van der Waals surface area contributed by atoms with Crippen LogP contribution >= 0.6 is 0 Å². The molecule has 9 heteroatoms. The van der Waals surface area contributed by atoms with Crippen LogP contribution in [0.2, 0.25) is 0 Å². The van der Waals surface area contributed by atoms with Gasteiger partial charge in [0.25, 0.3) is 0 Å². The van der Waals surface area contributed by atoms with E-state index in [4.69, 9.17) is 9.47 Å². The number of ether oxygens (including phenoxy) is 3. The summed E-state index contributed by atoms with van der Waals surface area (Å²) in [6.07, 6.45) is -3.33. The summed E-state index contributed by atoms with van der Waals surface area (Å²) < 4.78 is 51.1. The first-order valence-corrected chi connectivity index (χ1v) is 7.81. The van der Waals surface area contributed by atoms with E-state index in [9.17, 15) is 13.2 Å². The Balaban J connectivity index is 1.51. The Bertz CT molecular complexity index is 962. The van der Waals surface area contributed by atoms with Crippen LogP contribution in [0.15, 0.2) is 54.9 Å². The molecule has 0 radical (unpaired) electrons. The Hall–Kier alpha value is -3.49. The second-order valence-corrected chi connectivity index (χ2v) is 5.55. The van der Waals surface area contributed by atoms with Gasteiger partial charge in [-0.2, -0.15) is 0 Å². The molecule has 0 amide bonds. The van der Waals surface area contributed by atoms with Crippen LogP contribution in [0.3, 0.4) is 0 Å². The van der Waals surface area contributed by atoms with Crippen molar-refractivity contribution in [1.82, 2.24) is 9.97 Å².